The van der Waals surface area contributed by atoms with Crippen molar-refractivity contribution in [3.8, 4) is 0 Å². The first-order chi connectivity index (χ1) is 11.4. The van der Waals surface area contributed by atoms with Crippen LogP contribution >= 0.6 is 11.3 Å². The lowest BCUT2D eigenvalue weighted by molar-refractivity contribution is 0.0925. The lowest BCUT2D eigenvalue weighted by Crippen LogP contribution is -2.11. The van der Waals surface area contributed by atoms with E-state index in [2.05, 4.69) is 16.9 Å². The summed E-state index contributed by atoms with van der Waals surface area (Å²) < 4.78 is 5.89. The van der Waals surface area contributed by atoms with Gasteiger partial charge in [-0.25, -0.2) is 9.97 Å². The second-order valence-corrected chi connectivity index (χ2v) is 7.75. The molecule has 0 aliphatic heterocycles. The minimum absolute atomic E-state index is 0.0149. The van der Waals surface area contributed by atoms with E-state index >= 15 is 0 Å². The molecule has 0 fully saturated rings. The number of aryl methyl sites for hydroxylation is 2. The van der Waals surface area contributed by atoms with Crippen molar-refractivity contribution in [2.24, 2.45) is 5.92 Å². The van der Waals surface area contributed by atoms with Gasteiger partial charge >= 0.3 is 0 Å². The third-order valence-corrected chi connectivity index (χ3v) is 5.25. The third kappa shape index (κ3) is 3.56. The quantitative estimate of drug-likeness (QED) is 0.570. The first-order valence-electron chi connectivity index (χ1n) is 8.27. The maximum atomic E-state index is 12.4. The van der Waals surface area contributed by atoms with Crippen molar-refractivity contribution in [3.63, 3.8) is 0 Å². The van der Waals surface area contributed by atoms with Gasteiger partial charge in [-0.1, -0.05) is 19.9 Å². The maximum Gasteiger partial charge on any atom is 0.198 e. The molecule has 0 aliphatic carbocycles. The fourth-order valence-corrected chi connectivity index (χ4v) is 3.56. The van der Waals surface area contributed by atoms with Crippen LogP contribution in [0.25, 0.3) is 11.1 Å². The topological polar surface area (TPSA) is 56.0 Å². The first kappa shape index (κ1) is 16.8. The summed E-state index contributed by atoms with van der Waals surface area (Å²) in [7, 11) is 0. The number of thiazole rings is 1. The highest BCUT2D eigenvalue weighted by molar-refractivity contribution is 7.13. The van der Waals surface area contributed by atoms with Gasteiger partial charge in [0.1, 0.15) is 5.52 Å². The van der Waals surface area contributed by atoms with E-state index in [0.29, 0.717) is 0 Å². The normalized spacial score (nSPS) is 14.0. The van der Waals surface area contributed by atoms with Gasteiger partial charge < -0.3 is 4.42 Å². The standard InChI is InChI=1S/C19H22N2O2S/c1-11-5-8-15-16(9-11)23-19(21-15)13(3)7-6-12(2)18(22)17-10-20-14(4)24-17/h5,8-10,12-13H,6-7H2,1-4H3. The number of oxazole rings is 1. The van der Waals surface area contributed by atoms with Crippen LogP contribution in [0, 0.1) is 19.8 Å². The largest absolute Gasteiger partial charge is 0.440 e. The first-order valence-corrected chi connectivity index (χ1v) is 9.09. The summed E-state index contributed by atoms with van der Waals surface area (Å²) in [6.45, 7) is 8.05. The van der Waals surface area contributed by atoms with Gasteiger partial charge in [0.15, 0.2) is 17.3 Å². The van der Waals surface area contributed by atoms with E-state index in [1.165, 1.54) is 11.3 Å². The molecule has 2 unspecified atom stereocenters. The molecule has 2 atom stereocenters. The molecule has 0 aliphatic rings. The van der Waals surface area contributed by atoms with Gasteiger partial charge in [-0.05, 0) is 44.4 Å². The summed E-state index contributed by atoms with van der Waals surface area (Å²) >= 11 is 1.47. The van der Waals surface area contributed by atoms with Crippen molar-refractivity contribution in [1.82, 2.24) is 9.97 Å². The van der Waals surface area contributed by atoms with Crippen LogP contribution in [0.3, 0.4) is 0 Å². The van der Waals surface area contributed by atoms with Crippen LogP contribution in [0.1, 0.15) is 58.7 Å². The highest BCUT2D eigenvalue weighted by atomic mass is 32.1. The Hall–Kier alpha value is -2.01. The number of hydrogen-bond acceptors (Lipinski definition) is 5. The monoisotopic (exact) mass is 342 g/mol. The van der Waals surface area contributed by atoms with Gasteiger partial charge in [0, 0.05) is 18.0 Å². The van der Waals surface area contributed by atoms with Gasteiger partial charge in [-0.2, -0.15) is 0 Å². The molecule has 0 saturated heterocycles. The fourth-order valence-electron chi connectivity index (χ4n) is 2.73. The summed E-state index contributed by atoms with van der Waals surface area (Å²) in [5.41, 5.74) is 2.89. The van der Waals surface area contributed by atoms with Gasteiger partial charge in [0.2, 0.25) is 0 Å². The molecule has 0 bridgehead atoms. The van der Waals surface area contributed by atoms with Crippen LogP contribution < -0.4 is 0 Å². The van der Waals surface area contributed by atoms with Gasteiger partial charge in [-0.3, -0.25) is 4.79 Å². The highest BCUT2D eigenvalue weighted by Crippen LogP contribution is 2.28. The van der Waals surface area contributed by atoms with E-state index in [4.69, 9.17) is 4.42 Å². The Labute approximate surface area is 145 Å². The van der Waals surface area contributed by atoms with Crippen molar-refractivity contribution < 1.29 is 9.21 Å². The lowest BCUT2D eigenvalue weighted by atomic mass is 9.94. The van der Waals surface area contributed by atoms with E-state index in [-0.39, 0.29) is 17.6 Å². The number of ketones is 1. The van der Waals surface area contributed by atoms with E-state index in [1.807, 2.05) is 39.0 Å². The predicted octanol–water partition coefficient (Wildman–Crippen LogP) is 5.30. The summed E-state index contributed by atoms with van der Waals surface area (Å²) in [5.74, 6) is 1.11. The number of carbonyl (C=O) groups excluding carboxylic acids is 1. The summed E-state index contributed by atoms with van der Waals surface area (Å²) in [5, 5.41) is 0.931. The van der Waals surface area contributed by atoms with Crippen LogP contribution in [0.4, 0.5) is 0 Å². The van der Waals surface area contributed by atoms with Gasteiger partial charge in [0.25, 0.3) is 0 Å². The molecule has 126 valence electrons. The Morgan fingerprint density at radius 3 is 2.75 bits per heavy atom. The smallest absolute Gasteiger partial charge is 0.198 e. The summed E-state index contributed by atoms with van der Waals surface area (Å²) in [4.78, 5) is 21.9. The van der Waals surface area contributed by atoms with Crippen LogP contribution in [0.2, 0.25) is 0 Å². The van der Waals surface area contributed by atoms with Crippen LogP contribution in [0.15, 0.2) is 28.8 Å². The molecule has 0 saturated carbocycles. The minimum atomic E-state index is -0.0149. The van der Waals surface area contributed by atoms with Crippen LogP contribution in [0.5, 0.6) is 0 Å². The van der Waals surface area contributed by atoms with E-state index in [9.17, 15) is 4.79 Å². The molecule has 0 radical (unpaired) electrons. The molecule has 0 amide bonds. The van der Waals surface area contributed by atoms with Crippen molar-refractivity contribution in [1.29, 1.82) is 0 Å². The molecule has 3 rings (SSSR count). The fraction of sp³-hybridized carbons (Fsp3) is 0.421. The number of benzene rings is 1. The Morgan fingerprint density at radius 2 is 2.04 bits per heavy atom. The van der Waals surface area contributed by atoms with Crippen molar-refractivity contribution in [2.75, 3.05) is 0 Å². The molecule has 0 spiro atoms. The Morgan fingerprint density at radius 1 is 1.25 bits per heavy atom. The lowest BCUT2D eigenvalue weighted by Gasteiger charge is -2.11. The average molecular weight is 342 g/mol. The zero-order valence-electron chi connectivity index (χ0n) is 14.5. The zero-order chi connectivity index (χ0) is 17.3. The highest BCUT2D eigenvalue weighted by Gasteiger charge is 2.20. The van der Waals surface area contributed by atoms with Gasteiger partial charge in [-0.15, -0.1) is 11.3 Å². The molecule has 2 heterocycles. The van der Waals surface area contributed by atoms with Crippen LogP contribution in [-0.4, -0.2) is 15.8 Å². The molecule has 3 aromatic rings. The SMILES string of the molecule is Cc1ccc2nc(C(C)CCC(C)C(=O)c3cnc(C)s3)oc2c1. The Bertz CT molecular complexity index is 865. The Balaban J connectivity index is 1.63. The third-order valence-electron chi connectivity index (χ3n) is 4.33. The molecule has 1 aromatic carbocycles. The number of aromatic nitrogens is 2. The number of fused-ring (bicyclic) bond motifs is 1. The molecule has 24 heavy (non-hydrogen) atoms. The minimum Gasteiger partial charge on any atom is -0.440 e. The van der Waals surface area contributed by atoms with Crippen molar-refractivity contribution >= 4 is 28.2 Å². The van der Waals surface area contributed by atoms with Crippen LogP contribution in [-0.2, 0) is 0 Å². The number of rotatable bonds is 6. The second-order valence-electron chi connectivity index (χ2n) is 6.51. The maximum absolute atomic E-state index is 12.4. The molecular weight excluding hydrogens is 320 g/mol. The average Bonchev–Trinajstić information content (AvgIpc) is 3.17. The summed E-state index contributed by atoms with van der Waals surface area (Å²) in [6, 6.07) is 6.04. The number of hydrogen-bond donors (Lipinski definition) is 0. The van der Waals surface area contributed by atoms with Crippen molar-refractivity contribution in [2.45, 2.75) is 46.5 Å². The van der Waals surface area contributed by atoms with Crippen molar-refractivity contribution in [3.05, 3.63) is 45.7 Å². The van der Waals surface area contributed by atoms with E-state index in [0.717, 1.165) is 45.3 Å². The predicted molar refractivity (Wildman–Crippen MR) is 96.7 cm³/mol. The number of nitrogens with zero attached hydrogens (tertiary/aromatic N) is 2. The van der Waals surface area contributed by atoms with E-state index < -0.39 is 0 Å². The number of Topliss-reactive ketones (excluding diaryl/α,β-unsaturated/α-hetero) is 1. The molecule has 2 aromatic heterocycles. The number of carbonyl (C=O) groups is 1. The van der Waals surface area contributed by atoms with Gasteiger partial charge in [0.05, 0.1) is 9.88 Å². The molecule has 0 N–H and O–H groups in total. The molecular formula is C19H22N2O2S. The molecule has 5 heteroatoms. The zero-order valence-corrected chi connectivity index (χ0v) is 15.3. The second kappa shape index (κ2) is 6.85. The summed E-state index contributed by atoms with van der Waals surface area (Å²) in [6.07, 6.45) is 3.37. The molecule has 4 nitrogen and oxygen atoms in total. The van der Waals surface area contributed by atoms with E-state index in [1.54, 1.807) is 6.20 Å². The Kier molecular flexibility index (Phi) is 4.81.